The fourth-order valence-corrected chi connectivity index (χ4v) is 4.76. The normalized spacial score (nSPS) is 11.9. The number of halogens is 4. The van der Waals surface area contributed by atoms with Gasteiger partial charge in [-0.15, -0.1) is 11.8 Å². The zero-order chi connectivity index (χ0) is 23.1. The van der Waals surface area contributed by atoms with Gasteiger partial charge in [-0.2, -0.15) is 13.2 Å². The highest BCUT2D eigenvalue weighted by atomic mass is 127. The van der Waals surface area contributed by atoms with E-state index >= 15 is 0 Å². The Labute approximate surface area is 201 Å². The van der Waals surface area contributed by atoms with Gasteiger partial charge in [0.2, 0.25) is 0 Å². The van der Waals surface area contributed by atoms with Gasteiger partial charge in [0, 0.05) is 14.2 Å². The van der Waals surface area contributed by atoms with Crippen LogP contribution in [-0.4, -0.2) is 23.4 Å². The summed E-state index contributed by atoms with van der Waals surface area (Å²) in [5.41, 5.74) is 0.688. The smallest absolute Gasteiger partial charge is 0.417 e. The van der Waals surface area contributed by atoms with Crippen molar-refractivity contribution in [2.75, 3.05) is 12.4 Å². The van der Waals surface area contributed by atoms with Crippen LogP contribution in [0, 0.1) is 3.57 Å². The number of carboxylic acid groups (broad SMARTS) is 1. The fourth-order valence-electron chi connectivity index (χ4n) is 3.01. The van der Waals surface area contributed by atoms with Gasteiger partial charge < -0.3 is 9.84 Å². The molecule has 1 N–H and O–H groups in total. The Bertz CT molecular complexity index is 1110. The topological polar surface area (TPSA) is 46.5 Å². The highest BCUT2D eigenvalue weighted by Gasteiger charge is 2.33. The second-order valence-corrected chi connectivity index (χ2v) is 8.84. The van der Waals surface area contributed by atoms with E-state index in [9.17, 15) is 18.0 Å². The minimum Gasteiger partial charge on any atom is -0.482 e. The lowest BCUT2D eigenvalue weighted by Gasteiger charge is -2.16. The number of benzene rings is 3. The lowest BCUT2D eigenvalue weighted by Crippen LogP contribution is -2.09. The molecule has 0 atom stereocenters. The first kappa shape index (κ1) is 24.2. The molecule has 3 aromatic rings. The molecule has 0 aliphatic heterocycles. The van der Waals surface area contributed by atoms with Crippen LogP contribution in [0.2, 0.25) is 0 Å². The van der Waals surface area contributed by atoms with Crippen molar-refractivity contribution in [2.24, 2.45) is 0 Å². The van der Waals surface area contributed by atoms with Crippen molar-refractivity contribution in [2.45, 2.75) is 11.1 Å². The van der Waals surface area contributed by atoms with E-state index in [2.05, 4.69) is 22.6 Å². The number of thioether (sulfide) groups is 1. The molecular formula is C24H18F3IO3S. The number of ether oxygens (including phenoxy) is 1. The molecule has 0 aliphatic rings. The van der Waals surface area contributed by atoms with E-state index in [0.717, 1.165) is 14.5 Å². The zero-order valence-electron chi connectivity index (χ0n) is 16.6. The van der Waals surface area contributed by atoms with Gasteiger partial charge in [0.1, 0.15) is 5.75 Å². The van der Waals surface area contributed by atoms with Crippen molar-refractivity contribution in [1.82, 2.24) is 0 Å². The Morgan fingerprint density at radius 1 is 1.03 bits per heavy atom. The molecule has 3 nitrogen and oxygen atoms in total. The summed E-state index contributed by atoms with van der Waals surface area (Å²) in [5.74, 6) is -0.168. The summed E-state index contributed by atoms with van der Waals surface area (Å²) in [6.45, 7) is -0.426. The molecule has 0 bridgehead atoms. The Hall–Kier alpha value is -2.46. The van der Waals surface area contributed by atoms with Crippen molar-refractivity contribution in [3.05, 3.63) is 99.1 Å². The molecule has 0 heterocycles. The number of alkyl halides is 3. The van der Waals surface area contributed by atoms with Crippen molar-refractivity contribution >= 4 is 45.9 Å². The lowest BCUT2D eigenvalue weighted by molar-refractivity contribution is -0.139. The third kappa shape index (κ3) is 6.52. The van der Waals surface area contributed by atoms with Crippen LogP contribution >= 0.6 is 34.4 Å². The van der Waals surface area contributed by atoms with Crippen molar-refractivity contribution in [1.29, 1.82) is 0 Å². The number of hydrogen-bond acceptors (Lipinski definition) is 3. The van der Waals surface area contributed by atoms with Crippen LogP contribution in [0.1, 0.15) is 16.7 Å². The third-order valence-electron chi connectivity index (χ3n) is 4.40. The van der Waals surface area contributed by atoms with E-state index in [1.165, 1.54) is 23.9 Å². The number of rotatable bonds is 8. The highest BCUT2D eigenvalue weighted by Crippen LogP contribution is 2.37. The molecule has 0 spiro atoms. The molecule has 0 unspecified atom stereocenters. The van der Waals surface area contributed by atoms with Gasteiger partial charge in [-0.25, -0.2) is 4.79 Å². The molecule has 0 radical (unpaired) electrons. The zero-order valence-corrected chi connectivity index (χ0v) is 19.6. The van der Waals surface area contributed by atoms with Gasteiger partial charge in [0.15, 0.2) is 6.61 Å². The van der Waals surface area contributed by atoms with E-state index in [1.54, 1.807) is 48.5 Å². The molecule has 3 aromatic carbocycles. The molecule has 8 heteroatoms. The van der Waals surface area contributed by atoms with Gasteiger partial charge in [-0.3, -0.25) is 0 Å². The van der Waals surface area contributed by atoms with Gasteiger partial charge in [-0.1, -0.05) is 54.6 Å². The third-order valence-corrected chi connectivity index (χ3v) is 6.66. The van der Waals surface area contributed by atoms with Crippen LogP contribution in [0.25, 0.3) is 5.57 Å². The van der Waals surface area contributed by atoms with Crippen LogP contribution < -0.4 is 4.74 Å². The molecule has 3 rings (SSSR count). The summed E-state index contributed by atoms with van der Waals surface area (Å²) in [6.07, 6.45) is -2.66. The van der Waals surface area contributed by atoms with Crippen LogP contribution in [-0.2, 0) is 11.0 Å². The Balaban J connectivity index is 1.87. The van der Waals surface area contributed by atoms with Crippen LogP contribution in [0.5, 0.6) is 5.75 Å². The van der Waals surface area contributed by atoms with E-state index < -0.39 is 24.3 Å². The molecule has 0 aliphatic carbocycles. The maximum atomic E-state index is 13.6. The minimum atomic E-state index is -4.46. The van der Waals surface area contributed by atoms with Crippen molar-refractivity contribution < 1.29 is 27.8 Å². The number of hydrogen-bond donors (Lipinski definition) is 1. The van der Waals surface area contributed by atoms with Gasteiger partial charge in [0.25, 0.3) is 0 Å². The summed E-state index contributed by atoms with van der Waals surface area (Å²) >= 11 is 3.60. The number of aliphatic carboxylic acids is 1. The number of carbonyl (C=O) groups is 1. The van der Waals surface area contributed by atoms with E-state index in [0.29, 0.717) is 22.6 Å². The van der Waals surface area contributed by atoms with Crippen molar-refractivity contribution in [3.8, 4) is 5.75 Å². The standard InChI is InChI=1S/C24H18F3IO3S/c25-24(26,27)20-9-5-4-8-19(20)18(16-6-2-1-3-7-16)12-13-32-22-11-10-17(14-21(22)28)31-15-23(29)30/h1-12,14H,13,15H2,(H,29,30). The number of carboxylic acids is 1. The summed E-state index contributed by atoms with van der Waals surface area (Å²) < 4.78 is 46.9. The molecule has 0 amide bonds. The average molecular weight is 570 g/mol. The predicted molar refractivity (Wildman–Crippen MR) is 128 cm³/mol. The van der Waals surface area contributed by atoms with Crippen LogP contribution in [0.4, 0.5) is 13.2 Å². The first-order valence-corrected chi connectivity index (χ1v) is 11.5. The molecule has 0 saturated heterocycles. The predicted octanol–water partition coefficient (Wildman–Crippen LogP) is 7.00. The Morgan fingerprint density at radius 2 is 1.72 bits per heavy atom. The monoisotopic (exact) mass is 570 g/mol. The molecule has 166 valence electrons. The van der Waals surface area contributed by atoms with Gasteiger partial charge in [-0.05, 0) is 63.6 Å². The summed E-state index contributed by atoms with van der Waals surface area (Å²) in [5, 5.41) is 8.72. The fraction of sp³-hybridized carbons (Fsp3) is 0.125. The highest BCUT2D eigenvalue weighted by molar-refractivity contribution is 14.1. The van der Waals surface area contributed by atoms with Crippen LogP contribution in [0.15, 0.2) is 83.8 Å². The van der Waals surface area contributed by atoms with E-state index in [-0.39, 0.29) is 5.56 Å². The average Bonchev–Trinajstić information content (AvgIpc) is 2.76. The SMILES string of the molecule is O=C(O)COc1ccc(SCC=C(c2ccccc2)c2ccccc2C(F)(F)F)c(I)c1. The second kappa shape index (κ2) is 10.9. The quantitative estimate of drug-likeness (QED) is 0.234. The Morgan fingerprint density at radius 3 is 2.38 bits per heavy atom. The summed E-state index contributed by atoms with van der Waals surface area (Å²) in [6, 6.07) is 19.8. The van der Waals surface area contributed by atoms with E-state index in [4.69, 9.17) is 9.84 Å². The second-order valence-electron chi connectivity index (χ2n) is 6.61. The first-order chi connectivity index (χ1) is 15.3. The lowest BCUT2D eigenvalue weighted by atomic mass is 9.93. The molecule has 0 saturated carbocycles. The molecule has 0 fully saturated rings. The largest absolute Gasteiger partial charge is 0.482 e. The maximum Gasteiger partial charge on any atom is 0.417 e. The van der Waals surface area contributed by atoms with Crippen LogP contribution in [0.3, 0.4) is 0 Å². The maximum absolute atomic E-state index is 13.6. The molecule has 0 aromatic heterocycles. The van der Waals surface area contributed by atoms with Gasteiger partial charge in [0.05, 0.1) is 5.56 Å². The van der Waals surface area contributed by atoms with E-state index in [1.807, 2.05) is 12.1 Å². The summed E-state index contributed by atoms with van der Waals surface area (Å²) in [7, 11) is 0. The van der Waals surface area contributed by atoms with Crippen molar-refractivity contribution in [3.63, 3.8) is 0 Å². The van der Waals surface area contributed by atoms with Gasteiger partial charge >= 0.3 is 12.1 Å². The molecular weight excluding hydrogens is 552 g/mol. The summed E-state index contributed by atoms with van der Waals surface area (Å²) in [4.78, 5) is 11.6. The minimum absolute atomic E-state index is 0.138. The Kier molecular flexibility index (Phi) is 8.25. The first-order valence-electron chi connectivity index (χ1n) is 9.45. The molecule has 32 heavy (non-hydrogen) atoms.